The SMILES string of the molecule is Cc1cccc2nc(-c3cccnc3)c(N)n12. The van der Waals surface area contributed by atoms with E-state index in [1.165, 1.54) is 0 Å². The summed E-state index contributed by atoms with van der Waals surface area (Å²) in [6.07, 6.45) is 3.51. The fourth-order valence-electron chi connectivity index (χ4n) is 2.00. The van der Waals surface area contributed by atoms with Crippen LogP contribution in [0.4, 0.5) is 5.82 Å². The van der Waals surface area contributed by atoms with Crippen LogP contribution < -0.4 is 5.73 Å². The molecule has 0 radical (unpaired) electrons. The molecule has 0 amide bonds. The van der Waals surface area contributed by atoms with Gasteiger partial charge in [-0.25, -0.2) is 4.98 Å². The van der Waals surface area contributed by atoms with Crippen LogP contribution in [0.1, 0.15) is 5.69 Å². The van der Waals surface area contributed by atoms with Crippen LogP contribution in [0.2, 0.25) is 0 Å². The molecule has 0 fully saturated rings. The topological polar surface area (TPSA) is 56.2 Å². The van der Waals surface area contributed by atoms with Gasteiger partial charge in [-0.05, 0) is 31.2 Å². The van der Waals surface area contributed by atoms with Gasteiger partial charge in [-0.1, -0.05) is 6.07 Å². The van der Waals surface area contributed by atoms with Crippen LogP contribution in [0.25, 0.3) is 16.9 Å². The molecule has 3 aromatic rings. The van der Waals surface area contributed by atoms with Crippen LogP contribution in [0.15, 0.2) is 42.7 Å². The van der Waals surface area contributed by atoms with E-state index in [0.717, 1.165) is 22.6 Å². The Labute approximate surface area is 98.8 Å². The highest BCUT2D eigenvalue weighted by atomic mass is 15.1. The number of imidazole rings is 1. The van der Waals surface area contributed by atoms with Gasteiger partial charge in [0.1, 0.15) is 17.2 Å². The molecule has 3 aromatic heterocycles. The van der Waals surface area contributed by atoms with Crippen LogP contribution in [-0.2, 0) is 0 Å². The summed E-state index contributed by atoms with van der Waals surface area (Å²) in [4.78, 5) is 8.63. The van der Waals surface area contributed by atoms with Gasteiger partial charge in [0, 0.05) is 23.7 Å². The number of hydrogen-bond acceptors (Lipinski definition) is 3. The van der Waals surface area contributed by atoms with Gasteiger partial charge in [0.15, 0.2) is 0 Å². The van der Waals surface area contributed by atoms with Gasteiger partial charge in [-0.3, -0.25) is 9.38 Å². The predicted molar refractivity (Wildman–Crippen MR) is 67.6 cm³/mol. The summed E-state index contributed by atoms with van der Waals surface area (Å²) < 4.78 is 1.95. The molecule has 0 saturated carbocycles. The molecule has 3 rings (SSSR count). The Morgan fingerprint density at radius 2 is 2.06 bits per heavy atom. The minimum absolute atomic E-state index is 0.658. The molecule has 84 valence electrons. The fraction of sp³-hybridized carbons (Fsp3) is 0.0769. The molecular weight excluding hydrogens is 212 g/mol. The lowest BCUT2D eigenvalue weighted by atomic mass is 10.2. The largest absolute Gasteiger partial charge is 0.383 e. The lowest BCUT2D eigenvalue weighted by molar-refractivity contribution is 1.10. The first-order valence-corrected chi connectivity index (χ1v) is 5.41. The molecule has 2 N–H and O–H groups in total. The maximum atomic E-state index is 6.14. The average Bonchev–Trinajstić information content (AvgIpc) is 2.69. The molecule has 0 aliphatic carbocycles. The molecule has 0 aliphatic rings. The van der Waals surface area contributed by atoms with Crippen molar-refractivity contribution in [2.24, 2.45) is 0 Å². The van der Waals surface area contributed by atoms with Crippen LogP contribution in [0.5, 0.6) is 0 Å². The van der Waals surface area contributed by atoms with E-state index in [9.17, 15) is 0 Å². The maximum absolute atomic E-state index is 6.14. The molecule has 0 aliphatic heterocycles. The summed E-state index contributed by atoms with van der Waals surface area (Å²) in [5.41, 5.74) is 9.80. The molecule has 4 heteroatoms. The van der Waals surface area contributed by atoms with E-state index in [0.29, 0.717) is 5.82 Å². The highest BCUT2D eigenvalue weighted by Crippen LogP contribution is 2.26. The molecule has 4 nitrogen and oxygen atoms in total. The maximum Gasteiger partial charge on any atom is 0.139 e. The minimum atomic E-state index is 0.658. The van der Waals surface area contributed by atoms with Gasteiger partial charge < -0.3 is 5.73 Å². The minimum Gasteiger partial charge on any atom is -0.383 e. The van der Waals surface area contributed by atoms with Crippen molar-refractivity contribution in [1.82, 2.24) is 14.4 Å². The zero-order valence-corrected chi connectivity index (χ0v) is 9.46. The van der Waals surface area contributed by atoms with E-state index >= 15 is 0 Å². The van der Waals surface area contributed by atoms with Gasteiger partial charge in [0.2, 0.25) is 0 Å². The smallest absolute Gasteiger partial charge is 0.139 e. The zero-order valence-electron chi connectivity index (χ0n) is 9.46. The predicted octanol–water partition coefficient (Wildman–Crippen LogP) is 2.29. The van der Waals surface area contributed by atoms with Crippen molar-refractivity contribution in [3.8, 4) is 11.3 Å². The van der Waals surface area contributed by atoms with Crippen molar-refractivity contribution in [3.05, 3.63) is 48.4 Å². The normalized spacial score (nSPS) is 10.9. The second-order valence-corrected chi connectivity index (χ2v) is 3.95. The lowest BCUT2D eigenvalue weighted by Crippen LogP contribution is -1.97. The number of fused-ring (bicyclic) bond motifs is 1. The Morgan fingerprint density at radius 1 is 1.18 bits per heavy atom. The van der Waals surface area contributed by atoms with Crippen molar-refractivity contribution in [1.29, 1.82) is 0 Å². The second-order valence-electron chi connectivity index (χ2n) is 3.95. The van der Waals surface area contributed by atoms with Gasteiger partial charge in [-0.2, -0.15) is 0 Å². The fourth-order valence-corrected chi connectivity index (χ4v) is 2.00. The van der Waals surface area contributed by atoms with E-state index < -0.39 is 0 Å². The van der Waals surface area contributed by atoms with Gasteiger partial charge in [0.05, 0.1) is 0 Å². The summed E-state index contributed by atoms with van der Waals surface area (Å²) in [5.74, 6) is 0.658. The Balaban J connectivity index is 2.33. The van der Waals surface area contributed by atoms with Gasteiger partial charge in [0.25, 0.3) is 0 Å². The van der Waals surface area contributed by atoms with Crippen molar-refractivity contribution in [3.63, 3.8) is 0 Å². The Bertz CT molecular complexity index is 670. The van der Waals surface area contributed by atoms with Crippen molar-refractivity contribution < 1.29 is 0 Å². The molecule has 17 heavy (non-hydrogen) atoms. The van der Waals surface area contributed by atoms with Crippen LogP contribution in [0, 0.1) is 6.92 Å². The number of anilines is 1. The molecule has 3 heterocycles. The van der Waals surface area contributed by atoms with E-state index in [4.69, 9.17) is 5.73 Å². The molecule has 0 atom stereocenters. The third kappa shape index (κ3) is 1.45. The van der Waals surface area contributed by atoms with Crippen molar-refractivity contribution >= 4 is 11.5 Å². The zero-order chi connectivity index (χ0) is 11.8. The summed E-state index contributed by atoms with van der Waals surface area (Å²) in [5, 5.41) is 0. The molecule has 0 saturated heterocycles. The second kappa shape index (κ2) is 3.59. The summed E-state index contributed by atoms with van der Waals surface area (Å²) in [7, 11) is 0. The Morgan fingerprint density at radius 3 is 2.76 bits per heavy atom. The number of pyridine rings is 2. The van der Waals surface area contributed by atoms with Crippen molar-refractivity contribution in [2.75, 3.05) is 5.73 Å². The van der Waals surface area contributed by atoms with E-state index in [2.05, 4.69) is 9.97 Å². The number of aromatic nitrogens is 3. The van der Waals surface area contributed by atoms with Crippen LogP contribution >= 0.6 is 0 Å². The van der Waals surface area contributed by atoms with Gasteiger partial charge >= 0.3 is 0 Å². The Hall–Kier alpha value is -2.36. The lowest BCUT2D eigenvalue weighted by Gasteiger charge is -2.01. The third-order valence-corrected chi connectivity index (χ3v) is 2.81. The number of nitrogen functional groups attached to an aromatic ring is 1. The van der Waals surface area contributed by atoms with Crippen LogP contribution in [-0.4, -0.2) is 14.4 Å². The quantitative estimate of drug-likeness (QED) is 0.690. The van der Waals surface area contributed by atoms with Gasteiger partial charge in [-0.15, -0.1) is 0 Å². The summed E-state index contributed by atoms with van der Waals surface area (Å²) in [6, 6.07) is 9.78. The first-order valence-electron chi connectivity index (χ1n) is 5.41. The summed E-state index contributed by atoms with van der Waals surface area (Å²) in [6.45, 7) is 2.01. The number of nitrogens with zero attached hydrogens (tertiary/aromatic N) is 3. The molecule has 0 bridgehead atoms. The Kier molecular flexibility index (Phi) is 2.08. The monoisotopic (exact) mass is 224 g/mol. The van der Waals surface area contributed by atoms with Crippen LogP contribution in [0.3, 0.4) is 0 Å². The number of aryl methyl sites for hydroxylation is 1. The van der Waals surface area contributed by atoms with E-state index in [1.54, 1.807) is 12.4 Å². The average molecular weight is 224 g/mol. The van der Waals surface area contributed by atoms with E-state index in [-0.39, 0.29) is 0 Å². The molecule has 0 unspecified atom stereocenters. The summed E-state index contributed by atoms with van der Waals surface area (Å²) >= 11 is 0. The molecular formula is C13H12N4. The van der Waals surface area contributed by atoms with Crippen molar-refractivity contribution in [2.45, 2.75) is 6.92 Å². The number of hydrogen-bond donors (Lipinski definition) is 1. The third-order valence-electron chi connectivity index (χ3n) is 2.81. The first-order chi connectivity index (χ1) is 8.27. The number of rotatable bonds is 1. The highest BCUT2D eigenvalue weighted by Gasteiger charge is 2.11. The highest BCUT2D eigenvalue weighted by molar-refractivity contribution is 5.74. The number of nitrogens with two attached hydrogens (primary N) is 1. The standard InChI is InChI=1S/C13H12N4/c1-9-4-2-6-11-16-12(13(14)17(9)11)10-5-3-7-15-8-10/h2-8H,14H2,1H3. The molecule has 0 spiro atoms. The first kappa shape index (κ1) is 9.84. The van der Waals surface area contributed by atoms with E-state index in [1.807, 2.05) is 41.7 Å². The molecule has 0 aromatic carbocycles.